The van der Waals surface area contributed by atoms with Gasteiger partial charge in [0.1, 0.15) is 5.75 Å². The smallest absolute Gasteiger partial charge is 0.337 e. The maximum atomic E-state index is 14.3. The van der Waals surface area contributed by atoms with Crippen LogP contribution in [0, 0.1) is 23.6 Å². The Kier molecular flexibility index (Phi) is 4.18. The number of methoxy groups -OCH3 is 1. The number of halogens is 1. The van der Waals surface area contributed by atoms with Gasteiger partial charge in [-0.2, -0.15) is 0 Å². The van der Waals surface area contributed by atoms with Crippen molar-refractivity contribution in [2.75, 3.05) is 7.11 Å². The molecule has 0 amide bonds. The molecule has 0 aliphatic heterocycles. The predicted octanol–water partition coefficient (Wildman–Crippen LogP) is 5.87. The molecule has 4 heteroatoms. The summed E-state index contributed by atoms with van der Waals surface area (Å²) in [5, 5.41) is 0. The van der Waals surface area contributed by atoms with E-state index in [0.717, 1.165) is 23.8 Å². The van der Waals surface area contributed by atoms with Crippen LogP contribution >= 0.6 is 0 Å². The van der Waals surface area contributed by atoms with Crippen LogP contribution in [0.2, 0.25) is 0 Å². The topological polar surface area (TPSA) is 35.5 Å². The van der Waals surface area contributed by atoms with Crippen LogP contribution in [0.15, 0.2) is 42.5 Å². The van der Waals surface area contributed by atoms with E-state index in [0.29, 0.717) is 11.2 Å². The molecule has 0 radical (unpaired) electrons. The van der Waals surface area contributed by atoms with Gasteiger partial charge < -0.3 is 9.47 Å². The number of esters is 1. The second-order valence-corrected chi connectivity index (χ2v) is 8.96. The largest absolute Gasteiger partial charge is 0.465 e. The molecule has 3 nitrogen and oxygen atoms in total. The zero-order chi connectivity index (χ0) is 19.3. The average Bonchev–Trinajstić information content (AvgIpc) is 2.68. The first-order valence-electron chi connectivity index (χ1n) is 10.2. The molecule has 0 spiro atoms. The monoisotopic (exact) mass is 380 g/mol. The van der Waals surface area contributed by atoms with Gasteiger partial charge in [0.05, 0.1) is 12.7 Å². The molecule has 4 saturated carbocycles. The van der Waals surface area contributed by atoms with Crippen LogP contribution in [0.4, 0.5) is 4.39 Å². The van der Waals surface area contributed by atoms with Crippen molar-refractivity contribution in [3.8, 4) is 11.5 Å². The molecule has 146 valence electrons. The number of hydrogen-bond donors (Lipinski definition) is 0. The number of hydrogen-bond acceptors (Lipinski definition) is 3. The van der Waals surface area contributed by atoms with Crippen molar-refractivity contribution in [3.05, 3.63) is 59.4 Å². The molecule has 2 aromatic rings. The first-order valence-corrected chi connectivity index (χ1v) is 10.2. The Labute approximate surface area is 164 Å². The number of ether oxygens (including phenoxy) is 2. The van der Waals surface area contributed by atoms with Crippen molar-refractivity contribution in [2.24, 2.45) is 17.8 Å². The summed E-state index contributed by atoms with van der Waals surface area (Å²) < 4.78 is 24.6. The highest BCUT2D eigenvalue weighted by Crippen LogP contribution is 2.60. The number of carbonyl (C=O) groups excluding carboxylic acids is 1. The third kappa shape index (κ3) is 2.99. The van der Waals surface area contributed by atoms with Crippen molar-refractivity contribution in [1.82, 2.24) is 0 Å². The lowest BCUT2D eigenvalue weighted by molar-refractivity contribution is -0.00520. The third-order valence-electron chi connectivity index (χ3n) is 7.09. The Balaban J connectivity index is 1.34. The molecule has 2 aromatic carbocycles. The lowest BCUT2D eigenvalue weighted by atomic mass is 9.48. The minimum Gasteiger partial charge on any atom is -0.465 e. The molecule has 0 aromatic heterocycles. The molecule has 4 aliphatic rings. The van der Waals surface area contributed by atoms with Gasteiger partial charge in [-0.05, 0) is 97.6 Å². The predicted molar refractivity (Wildman–Crippen MR) is 104 cm³/mol. The first-order chi connectivity index (χ1) is 13.5. The first kappa shape index (κ1) is 17.7. The van der Waals surface area contributed by atoms with Gasteiger partial charge in [-0.25, -0.2) is 9.18 Å². The highest BCUT2D eigenvalue weighted by Gasteiger charge is 2.51. The highest BCUT2D eigenvalue weighted by molar-refractivity contribution is 5.89. The summed E-state index contributed by atoms with van der Waals surface area (Å²) in [6.07, 6.45) is 8.26. The van der Waals surface area contributed by atoms with Gasteiger partial charge in [-0.1, -0.05) is 12.1 Å². The fraction of sp³-hybridized carbons (Fsp3) is 0.458. The van der Waals surface area contributed by atoms with E-state index in [9.17, 15) is 9.18 Å². The highest BCUT2D eigenvalue weighted by atomic mass is 19.1. The van der Waals surface area contributed by atoms with Crippen LogP contribution in [0.1, 0.15) is 54.4 Å². The Morgan fingerprint density at radius 1 is 0.964 bits per heavy atom. The lowest BCUT2D eigenvalue weighted by Gasteiger charge is -2.57. The van der Waals surface area contributed by atoms with Crippen LogP contribution in [-0.4, -0.2) is 13.1 Å². The summed E-state index contributed by atoms with van der Waals surface area (Å²) in [7, 11) is 1.27. The fourth-order valence-corrected chi connectivity index (χ4v) is 6.30. The number of benzene rings is 2. The minimum atomic E-state index is -0.576. The van der Waals surface area contributed by atoms with Crippen molar-refractivity contribution in [3.63, 3.8) is 0 Å². The van der Waals surface area contributed by atoms with E-state index in [1.165, 1.54) is 63.3 Å². The summed E-state index contributed by atoms with van der Waals surface area (Å²) in [4.78, 5) is 11.5. The zero-order valence-corrected chi connectivity index (χ0v) is 16.1. The van der Waals surface area contributed by atoms with Gasteiger partial charge in [0, 0.05) is 0 Å². The molecule has 6 rings (SSSR count). The van der Waals surface area contributed by atoms with Crippen LogP contribution in [-0.2, 0) is 10.2 Å². The Bertz CT molecular complexity index is 867. The second-order valence-electron chi connectivity index (χ2n) is 8.96. The Hall–Kier alpha value is -2.36. The van der Waals surface area contributed by atoms with Crippen molar-refractivity contribution < 1.29 is 18.7 Å². The normalized spacial score (nSPS) is 30.3. The maximum absolute atomic E-state index is 14.3. The van der Waals surface area contributed by atoms with E-state index in [2.05, 4.69) is 16.9 Å². The second kappa shape index (κ2) is 6.61. The molecule has 0 heterocycles. The minimum absolute atomic E-state index is 0.107. The van der Waals surface area contributed by atoms with Crippen LogP contribution < -0.4 is 4.74 Å². The summed E-state index contributed by atoms with van der Waals surface area (Å²) >= 11 is 0. The SMILES string of the molecule is COC(=O)c1ccc(Oc2ccc(C34CC5CC(CC(C5)C3)C4)cc2)c(F)c1. The van der Waals surface area contributed by atoms with Gasteiger partial charge in [0.2, 0.25) is 0 Å². The Morgan fingerprint density at radius 2 is 1.57 bits per heavy atom. The third-order valence-corrected chi connectivity index (χ3v) is 7.09. The molecule has 4 fully saturated rings. The molecule has 0 atom stereocenters. The van der Waals surface area contributed by atoms with Crippen LogP contribution in [0.5, 0.6) is 11.5 Å². The lowest BCUT2D eigenvalue weighted by Crippen LogP contribution is -2.48. The van der Waals surface area contributed by atoms with Crippen molar-refractivity contribution >= 4 is 5.97 Å². The zero-order valence-electron chi connectivity index (χ0n) is 16.1. The van der Waals surface area contributed by atoms with Gasteiger partial charge in [-0.15, -0.1) is 0 Å². The van der Waals surface area contributed by atoms with Crippen molar-refractivity contribution in [2.45, 2.75) is 43.9 Å². The molecule has 0 N–H and O–H groups in total. The number of carbonyl (C=O) groups is 1. The number of rotatable bonds is 4. The van der Waals surface area contributed by atoms with E-state index in [4.69, 9.17) is 4.74 Å². The quantitative estimate of drug-likeness (QED) is 0.622. The standard InChI is InChI=1S/C24H25FO3/c1-27-23(26)18-2-7-22(21(25)11-18)28-20-5-3-19(4-6-20)24-12-15-8-16(13-24)10-17(9-15)14-24/h2-7,11,15-17H,8-10,12-14H2,1H3. The van der Waals surface area contributed by atoms with Gasteiger partial charge in [0.15, 0.2) is 11.6 Å². The van der Waals surface area contributed by atoms with E-state index >= 15 is 0 Å². The van der Waals surface area contributed by atoms with Crippen LogP contribution in [0.3, 0.4) is 0 Å². The molecular formula is C24H25FO3. The van der Waals surface area contributed by atoms with E-state index < -0.39 is 11.8 Å². The summed E-state index contributed by atoms with van der Waals surface area (Å²) in [5.74, 6) is 2.30. The average molecular weight is 380 g/mol. The van der Waals surface area contributed by atoms with E-state index in [-0.39, 0.29) is 11.3 Å². The molecule has 0 unspecified atom stereocenters. The van der Waals surface area contributed by atoms with Gasteiger partial charge in [0.25, 0.3) is 0 Å². The van der Waals surface area contributed by atoms with Gasteiger partial charge in [-0.3, -0.25) is 0 Å². The molecule has 4 aliphatic carbocycles. The van der Waals surface area contributed by atoms with Crippen molar-refractivity contribution in [1.29, 1.82) is 0 Å². The fourth-order valence-electron chi connectivity index (χ4n) is 6.30. The maximum Gasteiger partial charge on any atom is 0.337 e. The van der Waals surface area contributed by atoms with E-state index in [1.54, 1.807) is 0 Å². The molecular weight excluding hydrogens is 355 g/mol. The molecule has 4 bridgehead atoms. The summed E-state index contributed by atoms with van der Waals surface area (Å²) in [6.45, 7) is 0. The molecule has 0 saturated heterocycles. The summed E-state index contributed by atoms with van der Waals surface area (Å²) in [5.41, 5.74) is 1.94. The summed E-state index contributed by atoms with van der Waals surface area (Å²) in [6, 6.07) is 12.4. The van der Waals surface area contributed by atoms with Crippen LogP contribution in [0.25, 0.3) is 0 Å². The molecule has 28 heavy (non-hydrogen) atoms. The van der Waals surface area contributed by atoms with E-state index in [1.807, 2.05) is 12.1 Å². The Morgan fingerprint density at radius 3 is 2.11 bits per heavy atom. The van der Waals surface area contributed by atoms with Gasteiger partial charge >= 0.3 is 5.97 Å².